The standard InChI is InChI=1S/C19H24ClN3O7S2/c1-12(15-2-3-16(20)31-15)11-32(28,29)21-13-4-5-23(18(13)26)14(10-17(24)25)19(27)22-6-8-30-9-7-22/h2-3,11,13-14,21H,4-10H2,1H3,(H,24,25)/b12-11-/t13-,14-/m0/s1. The van der Waals surface area contributed by atoms with E-state index in [1.165, 1.54) is 16.2 Å². The monoisotopic (exact) mass is 505 g/mol. The lowest BCUT2D eigenvalue weighted by atomic mass is 10.1. The van der Waals surface area contributed by atoms with Gasteiger partial charge in [-0.1, -0.05) is 11.6 Å². The maximum atomic E-state index is 12.9. The molecule has 2 N–H and O–H groups in total. The Kier molecular flexibility index (Phi) is 7.93. The van der Waals surface area contributed by atoms with Gasteiger partial charge in [-0.2, -0.15) is 4.72 Å². The molecule has 1 aromatic heterocycles. The predicted molar refractivity (Wildman–Crippen MR) is 119 cm³/mol. The van der Waals surface area contributed by atoms with Gasteiger partial charge in [0.1, 0.15) is 12.1 Å². The van der Waals surface area contributed by atoms with Crippen LogP contribution < -0.4 is 4.72 Å². The summed E-state index contributed by atoms with van der Waals surface area (Å²) in [5, 5.41) is 10.3. The second-order valence-electron chi connectivity index (χ2n) is 7.49. The Hall–Kier alpha value is -1.99. The minimum absolute atomic E-state index is 0.0727. The summed E-state index contributed by atoms with van der Waals surface area (Å²) in [7, 11) is -3.97. The van der Waals surface area contributed by atoms with Gasteiger partial charge in [0.2, 0.25) is 21.8 Å². The highest BCUT2D eigenvalue weighted by atomic mass is 35.5. The largest absolute Gasteiger partial charge is 0.481 e. The zero-order chi connectivity index (χ0) is 23.5. The lowest BCUT2D eigenvalue weighted by Gasteiger charge is -2.33. The van der Waals surface area contributed by atoms with Gasteiger partial charge >= 0.3 is 5.97 Å². The maximum absolute atomic E-state index is 12.9. The van der Waals surface area contributed by atoms with E-state index >= 15 is 0 Å². The van der Waals surface area contributed by atoms with Crippen molar-refractivity contribution in [1.82, 2.24) is 14.5 Å². The number of carboxylic acids is 1. The van der Waals surface area contributed by atoms with Crippen LogP contribution in [0, 0.1) is 0 Å². The Morgan fingerprint density at radius 1 is 1.34 bits per heavy atom. The molecule has 0 spiro atoms. The maximum Gasteiger partial charge on any atom is 0.305 e. The number of allylic oxidation sites excluding steroid dienone is 1. The van der Waals surface area contributed by atoms with Gasteiger partial charge < -0.3 is 19.6 Å². The number of hydrogen-bond acceptors (Lipinski definition) is 7. The quantitative estimate of drug-likeness (QED) is 0.538. The van der Waals surface area contributed by atoms with Crippen molar-refractivity contribution in [3.8, 4) is 0 Å². The summed E-state index contributed by atoms with van der Waals surface area (Å²) in [5.74, 6) is -2.31. The highest BCUT2D eigenvalue weighted by Gasteiger charge is 2.42. The van der Waals surface area contributed by atoms with Crippen molar-refractivity contribution in [2.75, 3.05) is 32.8 Å². The number of aliphatic carboxylic acids is 1. The number of nitrogens with one attached hydrogen (secondary N) is 1. The molecule has 2 aliphatic rings. The summed E-state index contributed by atoms with van der Waals surface area (Å²) in [5.41, 5.74) is 0.461. The van der Waals surface area contributed by atoms with Crippen molar-refractivity contribution < 1.29 is 32.6 Å². The van der Waals surface area contributed by atoms with Gasteiger partial charge in [-0.05, 0) is 31.1 Å². The van der Waals surface area contributed by atoms with Crippen LogP contribution in [-0.4, -0.2) is 86.0 Å². The fourth-order valence-electron chi connectivity index (χ4n) is 3.66. The molecule has 0 unspecified atom stereocenters. The van der Waals surface area contributed by atoms with Gasteiger partial charge in [0.25, 0.3) is 0 Å². The summed E-state index contributed by atoms with van der Waals surface area (Å²) in [6.07, 6.45) is -0.429. The van der Waals surface area contributed by atoms with Gasteiger partial charge in [-0.15, -0.1) is 11.3 Å². The first-order valence-electron chi connectivity index (χ1n) is 9.92. The Bertz CT molecular complexity index is 1020. The normalized spacial score (nSPS) is 21.1. The number of carbonyl (C=O) groups excluding carboxylic acids is 2. The molecule has 2 saturated heterocycles. The van der Waals surface area contributed by atoms with Crippen LogP contribution in [0.15, 0.2) is 17.5 Å². The minimum atomic E-state index is -3.97. The first-order valence-corrected chi connectivity index (χ1v) is 12.7. The summed E-state index contributed by atoms with van der Waals surface area (Å²) >= 11 is 7.12. The summed E-state index contributed by atoms with van der Waals surface area (Å²) in [6, 6.07) is 1.08. The van der Waals surface area contributed by atoms with Crippen molar-refractivity contribution in [1.29, 1.82) is 0 Å². The third-order valence-electron chi connectivity index (χ3n) is 5.19. The number of morpholine rings is 1. The zero-order valence-electron chi connectivity index (χ0n) is 17.3. The van der Waals surface area contributed by atoms with Crippen molar-refractivity contribution in [3.05, 3.63) is 26.8 Å². The molecule has 1 aromatic rings. The molecule has 13 heteroatoms. The number of halogens is 1. The Morgan fingerprint density at radius 3 is 2.62 bits per heavy atom. The Labute approximate surface area is 194 Å². The fraction of sp³-hybridized carbons (Fsp3) is 0.526. The molecule has 10 nitrogen and oxygen atoms in total. The molecule has 2 atom stereocenters. The van der Waals surface area contributed by atoms with E-state index in [1.807, 2.05) is 0 Å². The molecule has 0 bridgehead atoms. The van der Waals surface area contributed by atoms with Crippen LogP contribution in [0.25, 0.3) is 5.57 Å². The lowest BCUT2D eigenvalue weighted by Crippen LogP contribution is -2.54. The number of sulfonamides is 1. The molecule has 2 aliphatic heterocycles. The molecule has 0 aromatic carbocycles. The number of thiophene rings is 1. The predicted octanol–water partition coefficient (Wildman–Crippen LogP) is 0.985. The fourth-order valence-corrected chi connectivity index (χ4v) is 6.03. The van der Waals surface area contributed by atoms with E-state index in [0.29, 0.717) is 41.1 Å². The van der Waals surface area contributed by atoms with E-state index in [1.54, 1.807) is 19.1 Å². The van der Waals surface area contributed by atoms with E-state index < -0.39 is 46.3 Å². The average Bonchev–Trinajstić information content (AvgIpc) is 3.32. The summed E-state index contributed by atoms with van der Waals surface area (Å²) < 4.78 is 33.3. The molecule has 0 saturated carbocycles. The number of rotatable bonds is 8. The van der Waals surface area contributed by atoms with Crippen LogP contribution >= 0.6 is 22.9 Å². The first kappa shape index (κ1) is 24.6. The van der Waals surface area contributed by atoms with E-state index in [4.69, 9.17) is 16.3 Å². The van der Waals surface area contributed by atoms with Crippen molar-refractivity contribution in [3.63, 3.8) is 0 Å². The van der Waals surface area contributed by atoms with E-state index in [2.05, 4.69) is 4.72 Å². The van der Waals surface area contributed by atoms with Gasteiger partial charge in [0.15, 0.2) is 0 Å². The molecule has 2 fully saturated rings. The van der Waals surface area contributed by atoms with E-state index in [0.717, 1.165) is 10.3 Å². The van der Waals surface area contributed by atoms with Crippen molar-refractivity contribution in [2.45, 2.75) is 31.8 Å². The lowest BCUT2D eigenvalue weighted by molar-refractivity contribution is -0.151. The van der Waals surface area contributed by atoms with Crippen LogP contribution in [0.4, 0.5) is 0 Å². The van der Waals surface area contributed by atoms with Crippen LogP contribution in [0.1, 0.15) is 24.6 Å². The van der Waals surface area contributed by atoms with E-state index in [9.17, 15) is 27.9 Å². The first-order chi connectivity index (χ1) is 15.1. The second-order valence-corrected chi connectivity index (χ2v) is 10.8. The molecule has 0 radical (unpaired) electrons. The molecule has 0 aliphatic carbocycles. The van der Waals surface area contributed by atoms with Crippen LogP contribution in [0.2, 0.25) is 4.34 Å². The molecular weight excluding hydrogens is 482 g/mol. The topological polar surface area (TPSA) is 133 Å². The number of carbonyl (C=O) groups is 3. The Balaban J connectivity index is 1.72. The van der Waals surface area contributed by atoms with Crippen LogP contribution in [0.5, 0.6) is 0 Å². The van der Waals surface area contributed by atoms with Gasteiger partial charge in [0, 0.05) is 24.5 Å². The van der Waals surface area contributed by atoms with Crippen molar-refractivity contribution >= 4 is 56.3 Å². The SMILES string of the molecule is C/C(=C/S(=O)(=O)N[C@H]1CCN([C@@H](CC(=O)O)C(=O)N2CCOCC2)C1=O)c1ccc(Cl)s1. The highest BCUT2D eigenvalue weighted by Crippen LogP contribution is 2.28. The molecule has 2 amide bonds. The minimum Gasteiger partial charge on any atom is -0.481 e. The smallest absolute Gasteiger partial charge is 0.305 e. The number of ether oxygens (including phenoxy) is 1. The number of hydrogen-bond donors (Lipinski definition) is 2. The summed E-state index contributed by atoms with van der Waals surface area (Å²) in [6.45, 7) is 2.98. The number of carboxylic acid groups (broad SMARTS) is 1. The third-order valence-corrected chi connectivity index (χ3v) is 7.84. The number of nitrogens with zero attached hydrogens (tertiary/aromatic N) is 2. The van der Waals surface area contributed by atoms with Gasteiger partial charge in [-0.3, -0.25) is 14.4 Å². The third kappa shape index (κ3) is 6.07. The second kappa shape index (κ2) is 10.3. The van der Waals surface area contributed by atoms with Crippen LogP contribution in [-0.2, 0) is 29.1 Å². The Morgan fingerprint density at radius 2 is 2.03 bits per heavy atom. The highest BCUT2D eigenvalue weighted by molar-refractivity contribution is 7.92. The molecule has 176 valence electrons. The molecule has 3 heterocycles. The van der Waals surface area contributed by atoms with E-state index in [-0.39, 0.29) is 13.0 Å². The molecule has 3 rings (SSSR count). The molecule has 32 heavy (non-hydrogen) atoms. The summed E-state index contributed by atoms with van der Waals surface area (Å²) in [4.78, 5) is 40.5. The molecular formula is C19H24ClN3O7S2. The van der Waals surface area contributed by atoms with Crippen LogP contribution in [0.3, 0.4) is 0 Å². The van der Waals surface area contributed by atoms with Crippen molar-refractivity contribution in [2.24, 2.45) is 0 Å². The average molecular weight is 506 g/mol. The zero-order valence-corrected chi connectivity index (χ0v) is 19.7. The van der Waals surface area contributed by atoms with Gasteiger partial charge in [0.05, 0.1) is 29.4 Å². The number of likely N-dealkylation sites (tertiary alicyclic amines) is 1. The number of amides is 2. The van der Waals surface area contributed by atoms with Gasteiger partial charge in [-0.25, -0.2) is 8.42 Å².